The Balaban J connectivity index is 2.55. The van der Waals surface area contributed by atoms with E-state index < -0.39 is 23.2 Å². The first-order valence-electron chi connectivity index (χ1n) is 6.19. The van der Waals surface area contributed by atoms with E-state index in [9.17, 15) is 14.4 Å². The molecule has 0 aromatic heterocycles. The predicted molar refractivity (Wildman–Crippen MR) is 70.8 cm³/mol. The van der Waals surface area contributed by atoms with Crippen molar-refractivity contribution < 1.29 is 19.2 Å². The van der Waals surface area contributed by atoms with Crippen LogP contribution >= 0.6 is 0 Å². The maximum absolute atomic E-state index is 12.2. The van der Waals surface area contributed by atoms with E-state index in [0.717, 1.165) is 6.92 Å². The molecule has 0 aliphatic carbocycles. The quantitative estimate of drug-likeness (QED) is 0.653. The molecule has 1 heterocycles. The zero-order chi connectivity index (χ0) is 14.8. The molecule has 1 aliphatic rings. The van der Waals surface area contributed by atoms with Crippen molar-refractivity contribution in [1.82, 2.24) is 5.32 Å². The zero-order valence-corrected chi connectivity index (χ0v) is 11.2. The van der Waals surface area contributed by atoms with Crippen LogP contribution in [0.4, 0.5) is 0 Å². The Morgan fingerprint density at radius 3 is 2.50 bits per heavy atom. The van der Waals surface area contributed by atoms with Gasteiger partial charge in [-0.15, -0.1) is 0 Å². The number of oxime groups is 1. The average molecular weight is 274 g/mol. The molecule has 0 radical (unpaired) electrons. The van der Waals surface area contributed by atoms with Crippen molar-refractivity contribution in [3.05, 3.63) is 35.9 Å². The molecular weight excluding hydrogens is 260 g/mol. The molecule has 1 aromatic rings. The number of rotatable bonds is 4. The maximum Gasteiger partial charge on any atom is 0.370 e. The molecule has 1 aliphatic heterocycles. The molecule has 1 N–H and O–H groups in total. The van der Waals surface area contributed by atoms with Crippen LogP contribution < -0.4 is 5.32 Å². The SMILES string of the molecule is CCC1=NOC(=O)C1(NC(=O)C(C)=O)c1ccccc1. The van der Waals surface area contributed by atoms with Crippen LogP contribution in [0.3, 0.4) is 0 Å². The number of hydrogen-bond acceptors (Lipinski definition) is 5. The predicted octanol–water partition coefficient (Wildman–Crippen LogP) is 0.910. The number of carbonyl (C=O) groups excluding carboxylic acids is 3. The molecule has 0 bridgehead atoms. The second-order valence-electron chi connectivity index (χ2n) is 4.40. The molecular formula is C14H14N2O4. The molecule has 0 spiro atoms. The van der Waals surface area contributed by atoms with Crippen molar-refractivity contribution >= 4 is 23.4 Å². The Hall–Kier alpha value is -2.50. The van der Waals surface area contributed by atoms with Crippen molar-refractivity contribution in [2.75, 3.05) is 0 Å². The third-order valence-electron chi connectivity index (χ3n) is 3.14. The fourth-order valence-electron chi connectivity index (χ4n) is 2.11. The Morgan fingerprint density at radius 2 is 1.95 bits per heavy atom. The third-order valence-corrected chi connectivity index (χ3v) is 3.14. The number of Topliss-reactive ketones (excluding diaryl/α,β-unsaturated/α-hetero) is 1. The van der Waals surface area contributed by atoms with Gasteiger partial charge in [-0.2, -0.15) is 0 Å². The molecule has 1 amide bonds. The van der Waals surface area contributed by atoms with Crippen molar-refractivity contribution in [2.24, 2.45) is 5.16 Å². The second-order valence-corrected chi connectivity index (χ2v) is 4.40. The van der Waals surface area contributed by atoms with E-state index in [-0.39, 0.29) is 0 Å². The Morgan fingerprint density at radius 1 is 1.30 bits per heavy atom. The van der Waals surface area contributed by atoms with Gasteiger partial charge >= 0.3 is 5.97 Å². The van der Waals surface area contributed by atoms with E-state index in [4.69, 9.17) is 4.84 Å². The smallest absolute Gasteiger partial charge is 0.325 e. The van der Waals surface area contributed by atoms with Gasteiger partial charge in [-0.1, -0.05) is 42.4 Å². The topological polar surface area (TPSA) is 84.8 Å². The highest BCUT2D eigenvalue weighted by Crippen LogP contribution is 2.31. The Bertz CT molecular complexity index is 594. The fourth-order valence-corrected chi connectivity index (χ4v) is 2.11. The molecule has 0 saturated heterocycles. The van der Waals surface area contributed by atoms with Crippen molar-refractivity contribution in [2.45, 2.75) is 25.8 Å². The third kappa shape index (κ3) is 2.09. The average Bonchev–Trinajstić information content (AvgIpc) is 2.77. The minimum atomic E-state index is -1.52. The van der Waals surface area contributed by atoms with E-state index >= 15 is 0 Å². The van der Waals surface area contributed by atoms with Gasteiger partial charge in [0.2, 0.25) is 11.3 Å². The molecule has 1 aromatic carbocycles. The molecule has 20 heavy (non-hydrogen) atoms. The first kappa shape index (κ1) is 13.9. The van der Waals surface area contributed by atoms with Gasteiger partial charge in [-0.25, -0.2) is 4.79 Å². The van der Waals surface area contributed by atoms with Gasteiger partial charge in [0.25, 0.3) is 5.91 Å². The summed E-state index contributed by atoms with van der Waals surface area (Å²) in [6.45, 7) is 2.93. The van der Waals surface area contributed by atoms with Crippen LogP contribution in [0.25, 0.3) is 0 Å². The highest BCUT2D eigenvalue weighted by Gasteiger charge is 2.52. The minimum absolute atomic E-state index is 0.364. The Kier molecular flexibility index (Phi) is 3.65. The van der Waals surface area contributed by atoms with Crippen molar-refractivity contribution in [3.8, 4) is 0 Å². The Labute approximate surface area is 115 Å². The number of amides is 1. The molecule has 6 nitrogen and oxygen atoms in total. The fraction of sp³-hybridized carbons (Fsp3) is 0.286. The van der Waals surface area contributed by atoms with Crippen LogP contribution in [0.1, 0.15) is 25.8 Å². The number of ketones is 1. The summed E-state index contributed by atoms with van der Waals surface area (Å²) in [7, 11) is 0. The summed E-state index contributed by atoms with van der Waals surface area (Å²) in [5.41, 5.74) is -0.639. The summed E-state index contributed by atoms with van der Waals surface area (Å²) in [5, 5.41) is 6.18. The van der Waals surface area contributed by atoms with E-state index in [1.54, 1.807) is 37.3 Å². The summed E-state index contributed by atoms with van der Waals surface area (Å²) in [6.07, 6.45) is 0.402. The molecule has 6 heteroatoms. The normalized spacial score (nSPS) is 21.1. The lowest BCUT2D eigenvalue weighted by Crippen LogP contribution is -2.56. The van der Waals surface area contributed by atoms with Crippen LogP contribution in [-0.4, -0.2) is 23.4 Å². The molecule has 0 fully saturated rings. The van der Waals surface area contributed by atoms with Crippen molar-refractivity contribution in [3.63, 3.8) is 0 Å². The van der Waals surface area contributed by atoms with Gasteiger partial charge in [0, 0.05) is 6.92 Å². The molecule has 1 atom stereocenters. The molecule has 1 unspecified atom stereocenters. The van der Waals surface area contributed by atoms with Crippen LogP contribution in [0.15, 0.2) is 35.5 Å². The summed E-state index contributed by atoms with van der Waals surface area (Å²) < 4.78 is 0. The molecule has 0 saturated carbocycles. The number of carbonyl (C=O) groups is 3. The number of nitrogens with zero attached hydrogens (tertiary/aromatic N) is 1. The highest BCUT2D eigenvalue weighted by atomic mass is 16.7. The number of benzene rings is 1. The second kappa shape index (κ2) is 5.24. The lowest BCUT2D eigenvalue weighted by Gasteiger charge is -2.27. The summed E-state index contributed by atoms with van der Waals surface area (Å²) in [6, 6.07) is 8.61. The van der Waals surface area contributed by atoms with Crippen LogP contribution in [-0.2, 0) is 24.8 Å². The first-order valence-corrected chi connectivity index (χ1v) is 6.19. The van der Waals surface area contributed by atoms with Crippen LogP contribution in [0.2, 0.25) is 0 Å². The highest BCUT2D eigenvalue weighted by molar-refractivity contribution is 6.37. The van der Waals surface area contributed by atoms with E-state index in [1.807, 2.05) is 0 Å². The standard InChI is InChI=1S/C14H14N2O4/c1-3-11-14(13(19)20-16-11,15-12(18)9(2)17)10-7-5-4-6-8-10/h4-8H,3H2,1-2H3,(H,15,18). The number of nitrogens with one attached hydrogen (secondary N) is 1. The van der Waals surface area contributed by atoms with Gasteiger partial charge in [0.15, 0.2) is 0 Å². The summed E-state index contributed by atoms with van der Waals surface area (Å²) in [4.78, 5) is 39.9. The maximum atomic E-state index is 12.2. The van der Waals surface area contributed by atoms with E-state index in [2.05, 4.69) is 10.5 Å². The monoisotopic (exact) mass is 274 g/mol. The van der Waals surface area contributed by atoms with Crippen LogP contribution in [0.5, 0.6) is 0 Å². The van der Waals surface area contributed by atoms with Gasteiger partial charge < -0.3 is 10.2 Å². The minimum Gasteiger partial charge on any atom is -0.325 e. The zero-order valence-electron chi connectivity index (χ0n) is 11.2. The lowest BCUT2D eigenvalue weighted by molar-refractivity contribution is -0.148. The van der Waals surface area contributed by atoms with Gasteiger partial charge in [0.1, 0.15) is 0 Å². The lowest BCUT2D eigenvalue weighted by atomic mass is 9.84. The summed E-state index contributed by atoms with van der Waals surface area (Å²) >= 11 is 0. The van der Waals surface area contributed by atoms with E-state index in [0.29, 0.717) is 17.7 Å². The number of hydrogen-bond donors (Lipinski definition) is 1. The molecule has 2 rings (SSSR count). The van der Waals surface area contributed by atoms with Gasteiger partial charge in [0.05, 0.1) is 5.71 Å². The molecule has 104 valence electrons. The largest absolute Gasteiger partial charge is 0.370 e. The van der Waals surface area contributed by atoms with Crippen LogP contribution in [0, 0.1) is 0 Å². The first-order chi connectivity index (χ1) is 9.52. The van der Waals surface area contributed by atoms with Gasteiger partial charge in [-0.05, 0) is 12.0 Å². The summed E-state index contributed by atoms with van der Waals surface area (Å²) in [5.74, 6) is -2.25. The van der Waals surface area contributed by atoms with Gasteiger partial charge in [-0.3, -0.25) is 9.59 Å². The van der Waals surface area contributed by atoms with Crippen molar-refractivity contribution in [1.29, 1.82) is 0 Å². The van der Waals surface area contributed by atoms with E-state index in [1.165, 1.54) is 0 Å².